The zero-order chi connectivity index (χ0) is 21.7. The number of H-pyrrole nitrogens is 2. The molecule has 0 aliphatic carbocycles. The van der Waals surface area contributed by atoms with Crippen LogP contribution in [0.2, 0.25) is 0 Å². The predicted octanol–water partition coefficient (Wildman–Crippen LogP) is -0.806. The Morgan fingerprint density at radius 3 is 1.45 bits per heavy atom. The topological polar surface area (TPSA) is 164 Å². The maximum absolute atomic E-state index is 10.5. The van der Waals surface area contributed by atoms with Crippen molar-refractivity contribution in [3.63, 3.8) is 0 Å². The number of hydrogen-bond donors (Lipinski definition) is 4. The molecule has 6 N–H and O–H groups in total. The number of nitrogens with two attached hydrogens (primary N) is 2. The van der Waals surface area contributed by atoms with Crippen molar-refractivity contribution in [3.8, 4) is 0 Å². The molecule has 0 amide bonds. The van der Waals surface area contributed by atoms with E-state index in [1.165, 1.54) is 0 Å². The minimum atomic E-state index is -1.22. The summed E-state index contributed by atoms with van der Waals surface area (Å²) in [5.41, 5.74) is 14.6. The molecule has 0 bridgehead atoms. The van der Waals surface area contributed by atoms with Crippen LogP contribution in [0.1, 0.15) is 11.1 Å². The molecule has 0 spiro atoms. The summed E-state index contributed by atoms with van der Waals surface area (Å²) in [4.78, 5) is 27.2. The van der Waals surface area contributed by atoms with E-state index in [9.17, 15) is 19.8 Å². The normalized spacial score (nSPS) is 12.5. The molecule has 31 heavy (non-hydrogen) atoms. The Bertz CT molecular complexity index is 1080. The average Bonchev–Trinajstić information content (AvgIpc) is 3.33. The number of carboxylic acid groups (broad SMARTS) is 2. The van der Waals surface area contributed by atoms with Crippen LogP contribution in [0.5, 0.6) is 0 Å². The zero-order valence-corrected chi connectivity index (χ0v) is 19.0. The third kappa shape index (κ3) is 6.32. The average molecular weight is 447 g/mol. The Labute approximate surface area is 208 Å². The molecule has 0 fully saturated rings. The molecule has 2 aromatic heterocycles. The first-order valence-electron chi connectivity index (χ1n) is 9.39. The first-order valence-corrected chi connectivity index (χ1v) is 9.39. The number of fused-ring (bicyclic) bond motifs is 2. The van der Waals surface area contributed by atoms with Crippen LogP contribution in [0.4, 0.5) is 0 Å². The molecule has 2 aromatic carbocycles. The Hall–Kier alpha value is -2.36. The van der Waals surface area contributed by atoms with E-state index in [0.29, 0.717) is 0 Å². The Morgan fingerprint density at radius 1 is 0.742 bits per heavy atom. The minimum absolute atomic E-state index is 0. The van der Waals surface area contributed by atoms with Crippen LogP contribution in [-0.4, -0.2) is 71.7 Å². The molecule has 0 saturated heterocycles. The third-order valence-corrected chi connectivity index (χ3v) is 4.83. The molecule has 0 saturated carbocycles. The summed E-state index contributed by atoms with van der Waals surface area (Å²) in [6.07, 6.45) is 4.14. The van der Waals surface area contributed by atoms with E-state index in [2.05, 4.69) is 9.97 Å². The SMILES string of the molecule is N[C@H](Cc1c[nH]c2ccccc12)C(=O)[O-].N[C@H](Cc1c[nH]c2ccccc12)C(=O)[O-].[Ca+2]. The van der Waals surface area contributed by atoms with E-state index in [1.54, 1.807) is 12.4 Å². The smallest absolute Gasteiger partial charge is 0.548 e. The number of carbonyl (C=O) groups excluding carboxylic acids is 2. The number of carboxylic acids is 2. The summed E-state index contributed by atoms with van der Waals surface area (Å²) >= 11 is 0. The van der Waals surface area contributed by atoms with Gasteiger partial charge >= 0.3 is 37.7 Å². The molecule has 0 radical (unpaired) electrons. The van der Waals surface area contributed by atoms with Gasteiger partial charge in [0.1, 0.15) is 0 Å². The van der Waals surface area contributed by atoms with E-state index in [4.69, 9.17) is 11.5 Å². The van der Waals surface area contributed by atoms with Crippen molar-refractivity contribution in [3.05, 3.63) is 72.1 Å². The van der Waals surface area contributed by atoms with E-state index >= 15 is 0 Å². The molecule has 8 nitrogen and oxygen atoms in total. The number of carbonyl (C=O) groups is 2. The van der Waals surface area contributed by atoms with Crippen LogP contribution in [0.15, 0.2) is 60.9 Å². The molecule has 0 aliphatic rings. The van der Waals surface area contributed by atoms with Gasteiger partial charge in [-0.2, -0.15) is 0 Å². The third-order valence-electron chi connectivity index (χ3n) is 4.83. The van der Waals surface area contributed by atoms with E-state index in [0.717, 1.165) is 32.9 Å². The first-order chi connectivity index (χ1) is 14.4. The van der Waals surface area contributed by atoms with Crippen LogP contribution in [0.25, 0.3) is 21.8 Å². The van der Waals surface area contributed by atoms with Crippen LogP contribution in [-0.2, 0) is 22.4 Å². The van der Waals surface area contributed by atoms with Gasteiger partial charge in [0.2, 0.25) is 0 Å². The molecule has 2 atom stereocenters. The Kier molecular flexibility index (Phi) is 9.09. The van der Waals surface area contributed by atoms with Gasteiger partial charge in [0.05, 0.1) is 11.9 Å². The van der Waals surface area contributed by atoms with Crippen molar-refractivity contribution >= 4 is 71.5 Å². The first kappa shape index (κ1) is 24.9. The zero-order valence-electron chi connectivity index (χ0n) is 16.8. The second-order valence-electron chi connectivity index (χ2n) is 6.98. The second kappa shape index (κ2) is 11.3. The number of hydrogen-bond acceptors (Lipinski definition) is 6. The summed E-state index contributed by atoms with van der Waals surface area (Å²) < 4.78 is 0. The van der Waals surface area contributed by atoms with Crippen molar-refractivity contribution in [1.29, 1.82) is 0 Å². The van der Waals surface area contributed by atoms with Gasteiger partial charge in [-0.15, -0.1) is 0 Å². The molecule has 2 heterocycles. The van der Waals surface area contributed by atoms with Gasteiger partial charge in [-0.1, -0.05) is 36.4 Å². The molecule has 4 aromatic rings. The fourth-order valence-electron chi connectivity index (χ4n) is 3.24. The van der Waals surface area contributed by atoms with Gasteiger partial charge < -0.3 is 41.2 Å². The number of para-hydroxylation sites is 2. The number of aromatic amines is 2. The fourth-order valence-corrected chi connectivity index (χ4v) is 3.24. The van der Waals surface area contributed by atoms with Crippen molar-refractivity contribution < 1.29 is 19.8 Å². The van der Waals surface area contributed by atoms with Crippen molar-refractivity contribution in [2.45, 2.75) is 24.9 Å². The van der Waals surface area contributed by atoms with Gasteiger partial charge in [-0.25, -0.2) is 0 Å². The summed E-state index contributed by atoms with van der Waals surface area (Å²) in [5.74, 6) is -2.44. The minimum Gasteiger partial charge on any atom is -0.548 e. The largest absolute Gasteiger partial charge is 2.00 e. The summed E-state index contributed by atoms with van der Waals surface area (Å²) in [5, 5.41) is 23.0. The van der Waals surface area contributed by atoms with Gasteiger partial charge in [0, 0.05) is 46.3 Å². The summed E-state index contributed by atoms with van der Waals surface area (Å²) in [7, 11) is 0. The van der Waals surface area contributed by atoms with Crippen LogP contribution in [0, 0.1) is 0 Å². The molecule has 0 unspecified atom stereocenters. The van der Waals surface area contributed by atoms with Gasteiger partial charge in [-0.05, 0) is 36.1 Å². The van der Waals surface area contributed by atoms with Crippen LogP contribution in [0.3, 0.4) is 0 Å². The molecule has 9 heteroatoms. The summed E-state index contributed by atoms with van der Waals surface area (Å²) in [6, 6.07) is 13.5. The maximum Gasteiger partial charge on any atom is 2.00 e. The fraction of sp³-hybridized carbons (Fsp3) is 0.182. The van der Waals surface area contributed by atoms with Gasteiger partial charge in [-0.3, -0.25) is 0 Å². The van der Waals surface area contributed by atoms with E-state index in [1.807, 2.05) is 48.5 Å². The van der Waals surface area contributed by atoms with Crippen molar-refractivity contribution in [2.24, 2.45) is 11.5 Å². The van der Waals surface area contributed by atoms with Crippen molar-refractivity contribution in [2.75, 3.05) is 0 Å². The monoisotopic (exact) mass is 446 g/mol. The Balaban J connectivity index is 0.000000213. The number of aliphatic carboxylic acids is 2. The van der Waals surface area contributed by atoms with E-state index in [-0.39, 0.29) is 50.6 Å². The van der Waals surface area contributed by atoms with Gasteiger partial charge in [0.25, 0.3) is 0 Å². The summed E-state index contributed by atoms with van der Waals surface area (Å²) in [6.45, 7) is 0. The van der Waals surface area contributed by atoms with Crippen LogP contribution < -0.4 is 21.7 Å². The quantitative estimate of drug-likeness (QED) is 0.283. The van der Waals surface area contributed by atoms with E-state index < -0.39 is 24.0 Å². The Morgan fingerprint density at radius 2 is 1.10 bits per heavy atom. The van der Waals surface area contributed by atoms with Gasteiger partial charge in [0.15, 0.2) is 0 Å². The predicted molar refractivity (Wildman–Crippen MR) is 116 cm³/mol. The second-order valence-corrected chi connectivity index (χ2v) is 6.98. The molecular formula is C22H22CaN4O4. The molecular weight excluding hydrogens is 424 g/mol. The molecule has 4 rings (SSSR count). The van der Waals surface area contributed by atoms with Crippen LogP contribution >= 0.6 is 0 Å². The number of benzene rings is 2. The number of rotatable bonds is 6. The standard InChI is InChI=1S/2C11H12N2O2.Ca/c2*12-9(11(14)15)5-7-6-13-10-4-2-1-3-8(7)10;/h2*1-4,6,9,13H,5,12H2,(H,14,15);/q;;+2/p-2/t2*9-;/m11./s1. The van der Waals surface area contributed by atoms with Crippen molar-refractivity contribution in [1.82, 2.24) is 9.97 Å². The molecule has 156 valence electrons. The number of aromatic nitrogens is 2. The number of nitrogens with one attached hydrogen (secondary N) is 2. The molecule has 0 aliphatic heterocycles. The maximum atomic E-state index is 10.5.